The number of thiophene rings is 1. The van der Waals surface area contributed by atoms with Gasteiger partial charge in [-0.2, -0.15) is 0 Å². The van der Waals surface area contributed by atoms with E-state index in [1.54, 1.807) is 56.1 Å². The van der Waals surface area contributed by atoms with E-state index in [0.717, 1.165) is 28.9 Å². The molecule has 0 atom stereocenters. The van der Waals surface area contributed by atoms with E-state index in [-0.39, 0.29) is 5.91 Å². The van der Waals surface area contributed by atoms with E-state index in [4.69, 9.17) is 9.47 Å². The molecule has 0 saturated heterocycles. The highest BCUT2D eigenvalue weighted by atomic mass is 32.1. The van der Waals surface area contributed by atoms with Crippen molar-refractivity contribution >= 4 is 44.7 Å². The topological polar surface area (TPSA) is 85.4 Å². The first kappa shape index (κ1) is 20.3. The maximum atomic E-state index is 12.6. The summed E-state index contributed by atoms with van der Waals surface area (Å²) in [5.74, 6) is 1.60. The Morgan fingerprint density at radius 1 is 1.00 bits per heavy atom. The largest absolute Gasteiger partial charge is 0.494 e. The molecule has 1 aliphatic carbocycles. The molecule has 0 spiro atoms. The third-order valence-corrected chi connectivity index (χ3v) is 6.76. The minimum Gasteiger partial charge on any atom is -0.494 e. The number of nitrogens with one attached hydrogen (secondary N) is 2. The molecule has 162 valence electrons. The van der Waals surface area contributed by atoms with Crippen LogP contribution in [0.1, 0.15) is 27.2 Å². The zero-order chi connectivity index (χ0) is 22.1. The second kappa shape index (κ2) is 8.47. The molecule has 5 rings (SSSR count). The minimum atomic E-state index is -0.224. The summed E-state index contributed by atoms with van der Waals surface area (Å²) in [6.45, 7) is 0. The van der Waals surface area contributed by atoms with Gasteiger partial charge in [-0.25, -0.2) is 9.97 Å². The van der Waals surface area contributed by atoms with Crippen molar-refractivity contribution in [3.05, 3.63) is 64.8 Å². The molecule has 4 aromatic rings. The number of methoxy groups -OCH3 is 2. The Labute approximate surface area is 189 Å². The van der Waals surface area contributed by atoms with Crippen LogP contribution in [-0.2, 0) is 12.8 Å². The number of hydrogen-bond acceptors (Lipinski definition) is 7. The Balaban J connectivity index is 1.50. The standard InChI is InChI=1S/C24H22N4O3S/c1-30-18-12-17(28-23(29)14-7-4-3-5-8-14)19(31-2)11-16(18)27-22-21-15-9-6-10-20(15)32-24(21)26-13-25-22/h3-5,7-8,11-13H,6,9-10H2,1-2H3,(H,28,29)(H,25,26,27). The van der Waals surface area contributed by atoms with Gasteiger partial charge in [0.2, 0.25) is 0 Å². The maximum absolute atomic E-state index is 12.6. The van der Waals surface area contributed by atoms with E-state index in [9.17, 15) is 4.79 Å². The highest BCUT2D eigenvalue weighted by Gasteiger charge is 2.22. The van der Waals surface area contributed by atoms with E-state index in [1.807, 2.05) is 18.2 Å². The summed E-state index contributed by atoms with van der Waals surface area (Å²) in [4.78, 5) is 24.0. The SMILES string of the molecule is COc1cc(Nc2ncnc3sc4c(c23)CCC4)c(OC)cc1NC(=O)c1ccccc1. The number of benzene rings is 2. The van der Waals surface area contributed by atoms with E-state index < -0.39 is 0 Å². The smallest absolute Gasteiger partial charge is 0.255 e. The molecule has 1 amide bonds. The van der Waals surface area contributed by atoms with Gasteiger partial charge in [0.1, 0.15) is 28.5 Å². The molecule has 0 bridgehead atoms. The van der Waals surface area contributed by atoms with E-state index in [2.05, 4.69) is 20.6 Å². The molecule has 2 N–H and O–H groups in total. The lowest BCUT2D eigenvalue weighted by Gasteiger charge is -2.17. The van der Waals surface area contributed by atoms with Crippen molar-refractivity contribution in [3.63, 3.8) is 0 Å². The fourth-order valence-corrected chi connectivity index (χ4v) is 5.26. The fraction of sp³-hybridized carbons (Fsp3) is 0.208. The van der Waals surface area contributed by atoms with Crippen LogP contribution in [0.5, 0.6) is 11.5 Å². The van der Waals surface area contributed by atoms with Gasteiger partial charge in [0.05, 0.1) is 31.0 Å². The van der Waals surface area contributed by atoms with E-state index >= 15 is 0 Å². The number of nitrogens with zero attached hydrogens (tertiary/aromatic N) is 2. The zero-order valence-corrected chi connectivity index (χ0v) is 18.6. The van der Waals surface area contributed by atoms with Crippen molar-refractivity contribution in [3.8, 4) is 11.5 Å². The average molecular weight is 447 g/mol. The molecule has 2 heterocycles. The molecule has 8 heteroatoms. The number of carbonyl (C=O) groups excluding carboxylic acids is 1. The molecule has 2 aromatic heterocycles. The lowest BCUT2D eigenvalue weighted by atomic mass is 10.1. The molecular formula is C24H22N4O3S. The van der Waals surface area contributed by atoms with Gasteiger partial charge in [-0.05, 0) is 37.0 Å². The Bertz CT molecular complexity index is 1300. The van der Waals surface area contributed by atoms with Gasteiger partial charge in [0, 0.05) is 22.6 Å². The average Bonchev–Trinajstić information content (AvgIpc) is 3.42. The number of amides is 1. The highest BCUT2D eigenvalue weighted by Crippen LogP contribution is 2.42. The molecule has 0 unspecified atom stereocenters. The number of ether oxygens (including phenoxy) is 2. The lowest BCUT2D eigenvalue weighted by Crippen LogP contribution is -2.13. The summed E-state index contributed by atoms with van der Waals surface area (Å²) in [7, 11) is 3.16. The van der Waals surface area contributed by atoms with Gasteiger partial charge < -0.3 is 20.1 Å². The first-order valence-corrected chi connectivity index (χ1v) is 11.1. The van der Waals surface area contributed by atoms with Crippen molar-refractivity contribution in [2.75, 3.05) is 24.9 Å². The zero-order valence-electron chi connectivity index (χ0n) is 17.8. The number of aryl methyl sites for hydroxylation is 2. The van der Waals surface area contributed by atoms with Crippen LogP contribution >= 0.6 is 11.3 Å². The van der Waals surface area contributed by atoms with Crippen molar-refractivity contribution in [1.82, 2.24) is 9.97 Å². The van der Waals surface area contributed by atoms with Crippen LogP contribution in [0.15, 0.2) is 48.8 Å². The summed E-state index contributed by atoms with van der Waals surface area (Å²) >= 11 is 1.74. The number of anilines is 3. The van der Waals surface area contributed by atoms with Crippen LogP contribution in [0.4, 0.5) is 17.2 Å². The maximum Gasteiger partial charge on any atom is 0.255 e. The van der Waals surface area contributed by atoms with Crippen LogP contribution in [0.3, 0.4) is 0 Å². The minimum absolute atomic E-state index is 0.224. The molecular weight excluding hydrogens is 424 g/mol. The molecule has 1 aliphatic rings. The third kappa shape index (κ3) is 3.62. The number of fused-ring (bicyclic) bond motifs is 3. The van der Waals surface area contributed by atoms with Crippen LogP contribution in [0.2, 0.25) is 0 Å². The quantitative estimate of drug-likeness (QED) is 0.424. The monoisotopic (exact) mass is 446 g/mol. The molecule has 7 nitrogen and oxygen atoms in total. The van der Waals surface area contributed by atoms with Crippen LogP contribution < -0.4 is 20.1 Å². The molecule has 0 aliphatic heterocycles. The van der Waals surface area contributed by atoms with Gasteiger partial charge in [0.15, 0.2) is 0 Å². The third-order valence-electron chi connectivity index (χ3n) is 5.56. The van der Waals surface area contributed by atoms with Crippen molar-refractivity contribution in [2.24, 2.45) is 0 Å². The van der Waals surface area contributed by atoms with Gasteiger partial charge in [-0.1, -0.05) is 18.2 Å². The van der Waals surface area contributed by atoms with Gasteiger partial charge in [0.25, 0.3) is 5.91 Å². The van der Waals surface area contributed by atoms with Crippen LogP contribution in [-0.4, -0.2) is 30.1 Å². The number of rotatable bonds is 6. The summed E-state index contributed by atoms with van der Waals surface area (Å²) < 4.78 is 11.2. The number of carbonyl (C=O) groups is 1. The van der Waals surface area contributed by atoms with Crippen LogP contribution in [0, 0.1) is 0 Å². The Morgan fingerprint density at radius 3 is 2.53 bits per heavy atom. The van der Waals surface area contributed by atoms with Gasteiger partial charge in [-0.3, -0.25) is 4.79 Å². The summed E-state index contributed by atoms with van der Waals surface area (Å²) in [6.07, 6.45) is 4.89. The summed E-state index contributed by atoms with van der Waals surface area (Å²) in [6, 6.07) is 12.6. The number of aromatic nitrogens is 2. The highest BCUT2D eigenvalue weighted by molar-refractivity contribution is 7.19. The predicted molar refractivity (Wildman–Crippen MR) is 127 cm³/mol. The first-order chi connectivity index (χ1) is 15.7. The van der Waals surface area contributed by atoms with Crippen LogP contribution in [0.25, 0.3) is 10.2 Å². The normalized spacial score (nSPS) is 12.4. The predicted octanol–water partition coefficient (Wildman–Crippen LogP) is 5.19. The number of hydrogen-bond donors (Lipinski definition) is 2. The first-order valence-electron chi connectivity index (χ1n) is 10.3. The van der Waals surface area contributed by atoms with Crippen molar-refractivity contribution < 1.29 is 14.3 Å². The Kier molecular flexibility index (Phi) is 5.36. The molecule has 0 saturated carbocycles. The molecule has 32 heavy (non-hydrogen) atoms. The summed E-state index contributed by atoms with van der Waals surface area (Å²) in [5.41, 5.74) is 3.12. The second-order valence-electron chi connectivity index (χ2n) is 7.46. The lowest BCUT2D eigenvalue weighted by molar-refractivity contribution is 0.102. The van der Waals surface area contributed by atoms with Crippen molar-refractivity contribution in [2.45, 2.75) is 19.3 Å². The van der Waals surface area contributed by atoms with E-state index in [1.165, 1.54) is 16.9 Å². The molecule has 0 fully saturated rings. The Morgan fingerprint density at radius 2 is 1.75 bits per heavy atom. The summed E-state index contributed by atoms with van der Waals surface area (Å²) in [5, 5.41) is 7.39. The van der Waals surface area contributed by atoms with Crippen molar-refractivity contribution in [1.29, 1.82) is 0 Å². The molecule has 0 radical (unpaired) electrons. The Hall–Kier alpha value is -3.65. The fourth-order valence-electron chi connectivity index (χ4n) is 4.03. The van der Waals surface area contributed by atoms with Gasteiger partial charge >= 0.3 is 0 Å². The van der Waals surface area contributed by atoms with Gasteiger partial charge in [-0.15, -0.1) is 11.3 Å². The second-order valence-corrected chi connectivity index (χ2v) is 8.54. The molecule has 2 aromatic carbocycles. The van der Waals surface area contributed by atoms with E-state index in [0.29, 0.717) is 28.4 Å².